The number of nitriles is 1. The summed E-state index contributed by atoms with van der Waals surface area (Å²) in [6.45, 7) is 9.40. The van der Waals surface area contributed by atoms with Crippen molar-refractivity contribution in [1.82, 2.24) is 30.7 Å². The molecule has 2 aromatic heterocycles. The van der Waals surface area contributed by atoms with Crippen LogP contribution in [0.25, 0.3) is 21.8 Å². The van der Waals surface area contributed by atoms with Gasteiger partial charge in [-0.2, -0.15) is 10.4 Å². The van der Waals surface area contributed by atoms with E-state index in [1.54, 1.807) is 6.20 Å². The van der Waals surface area contributed by atoms with E-state index in [1.165, 1.54) is 0 Å². The normalized spacial score (nSPS) is 16.9. The van der Waals surface area contributed by atoms with Crippen LogP contribution in [0.1, 0.15) is 57.7 Å². The molecule has 1 aliphatic carbocycles. The van der Waals surface area contributed by atoms with E-state index in [9.17, 15) is 5.26 Å². The number of pyridine rings is 1. The van der Waals surface area contributed by atoms with Gasteiger partial charge in [0.15, 0.2) is 0 Å². The summed E-state index contributed by atoms with van der Waals surface area (Å²) < 4.78 is 1.89. The Labute approximate surface area is 239 Å². The number of hydrogen-bond acceptors (Lipinski definition) is 8. The lowest BCUT2D eigenvalue weighted by Crippen LogP contribution is -2.43. The SMILES string of the molecule is Cn1ncc2c([C@H](Nc3cc(Cl)c4ncc(C#N)c(NCC(C)(C)C)c4c3)C3=CN(C4(C)CC4)NN3)cccc21. The molecule has 40 heavy (non-hydrogen) atoms. The lowest BCUT2D eigenvalue weighted by molar-refractivity contribution is 0.190. The van der Waals surface area contributed by atoms with E-state index in [2.05, 4.69) is 94.8 Å². The number of anilines is 2. The van der Waals surface area contributed by atoms with Gasteiger partial charge >= 0.3 is 0 Å². The number of nitrogens with zero attached hydrogens (tertiary/aromatic N) is 5. The molecule has 2 aliphatic rings. The molecule has 6 rings (SSSR count). The zero-order chi connectivity index (χ0) is 28.2. The van der Waals surface area contributed by atoms with Crippen molar-refractivity contribution in [2.45, 2.75) is 52.1 Å². The van der Waals surface area contributed by atoms with Crippen molar-refractivity contribution in [2.24, 2.45) is 12.5 Å². The minimum absolute atomic E-state index is 0.0210. The third-order valence-corrected chi connectivity index (χ3v) is 8.03. The summed E-state index contributed by atoms with van der Waals surface area (Å²) in [4.78, 5) is 4.53. The molecule has 4 N–H and O–H groups in total. The Morgan fingerprint density at radius 3 is 2.73 bits per heavy atom. The van der Waals surface area contributed by atoms with Crippen LogP contribution in [0, 0.1) is 16.7 Å². The third-order valence-electron chi connectivity index (χ3n) is 7.74. The highest BCUT2D eigenvalue weighted by Crippen LogP contribution is 2.43. The number of rotatable bonds is 7. The molecule has 206 valence electrons. The second-order valence-electron chi connectivity index (χ2n) is 12.2. The van der Waals surface area contributed by atoms with Crippen LogP contribution in [0.4, 0.5) is 11.4 Å². The van der Waals surface area contributed by atoms with Crippen molar-refractivity contribution in [3.8, 4) is 6.07 Å². The van der Waals surface area contributed by atoms with E-state index in [0.717, 1.165) is 51.8 Å². The van der Waals surface area contributed by atoms with Gasteiger partial charge in [0, 0.05) is 42.4 Å². The Kier molecular flexibility index (Phi) is 6.28. The number of aryl methyl sites for hydroxylation is 1. The summed E-state index contributed by atoms with van der Waals surface area (Å²) in [5.41, 5.74) is 12.7. The minimum atomic E-state index is -0.237. The first-order chi connectivity index (χ1) is 19.1. The fourth-order valence-corrected chi connectivity index (χ4v) is 5.37. The van der Waals surface area contributed by atoms with Crippen molar-refractivity contribution in [2.75, 3.05) is 17.2 Å². The quantitative estimate of drug-likeness (QED) is 0.221. The van der Waals surface area contributed by atoms with Crippen LogP contribution in [0.5, 0.6) is 0 Å². The maximum Gasteiger partial charge on any atom is 0.103 e. The summed E-state index contributed by atoms with van der Waals surface area (Å²) in [6, 6.07) is 12.2. The van der Waals surface area contributed by atoms with Crippen molar-refractivity contribution in [3.05, 3.63) is 70.8 Å². The topological polar surface area (TPSA) is 106 Å². The Bertz CT molecular complexity index is 1690. The monoisotopic (exact) mass is 555 g/mol. The van der Waals surface area contributed by atoms with E-state index in [1.807, 2.05) is 30.1 Å². The lowest BCUT2D eigenvalue weighted by Gasteiger charge is -2.24. The van der Waals surface area contributed by atoms with Crippen LogP contribution in [-0.2, 0) is 7.05 Å². The summed E-state index contributed by atoms with van der Waals surface area (Å²) in [6.07, 6.45) is 7.92. The summed E-state index contributed by atoms with van der Waals surface area (Å²) in [5.74, 6) is 0. The predicted octanol–water partition coefficient (Wildman–Crippen LogP) is 5.98. The Morgan fingerprint density at radius 1 is 1.20 bits per heavy atom. The van der Waals surface area contributed by atoms with Crippen LogP contribution < -0.4 is 21.6 Å². The highest BCUT2D eigenvalue weighted by atomic mass is 35.5. The molecule has 2 aromatic carbocycles. The first-order valence-corrected chi connectivity index (χ1v) is 13.9. The molecule has 0 amide bonds. The van der Waals surface area contributed by atoms with Gasteiger partial charge < -0.3 is 16.1 Å². The van der Waals surface area contributed by atoms with Gasteiger partial charge in [0.2, 0.25) is 0 Å². The van der Waals surface area contributed by atoms with Crippen LogP contribution in [-0.4, -0.2) is 31.9 Å². The second-order valence-corrected chi connectivity index (χ2v) is 12.6. The molecule has 0 unspecified atom stereocenters. The average molecular weight is 556 g/mol. The molecule has 1 saturated carbocycles. The van der Waals surface area contributed by atoms with Gasteiger partial charge in [-0.05, 0) is 48.9 Å². The first kappa shape index (κ1) is 26.2. The van der Waals surface area contributed by atoms with E-state index < -0.39 is 0 Å². The third kappa shape index (κ3) is 4.78. The van der Waals surface area contributed by atoms with Gasteiger partial charge in [0.1, 0.15) is 6.07 Å². The number of nitrogens with one attached hydrogen (secondary N) is 4. The van der Waals surface area contributed by atoms with E-state index in [4.69, 9.17) is 11.6 Å². The molecular formula is C30H34ClN9. The second kappa shape index (κ2) is 9.58. The smallest absolute Gasteiger partial charge is 0.103 e. The maximum absolute atomic E-state index is 9.87. The van der Waals surface area contributed by atoms with Gasteiger partial charge in [-0.1, -0.05) is 44.5 Å². The van der Waals surface area contributed by atoms with E-state index >= 15 is 0 Å². The molecule has 3 heterocycles. The van der Waals surface area contributed by atoms with Gasteiger partial charge in [-0.25, -0.2) is 0 Å². The van der Waals surface area contributed by atoms with Gasteiger partial charge in [0.25, 0.3) is 0 Å². The Morgan fingerprint density at radius 2 is 2.00 bits per heavy atom. The molecule has 0 saturated heterocycles. The van der Waals surface area contributed by atoms with Crippen molar-refractivity contribution >= 4 is 44.8 Å². The summed E-state index contributed by atoms with van der Waals surface area (Å²) >= 11 is 6.82. The number of fused-ring (bicyclic) bond motifs is 2. The largest absolute Gasteiger partial charge is 0.383 e. The molecule has 4 aromatic rings. The molecule has 1 atom stereocenters. The Hall–Kier alpha value is -4.00. The standard InChI is InChI=1S/C30H34ClN9/c1-29(2,3)17-34-26-18(13-32)14-33-27-21(26)11-19(12-23(27)31)36-28(24-16-40(38-37-24)30(4)9-10-30)20-7-6-8-25-22(20)15-35-39(25)5/h6-8,11-12,14-16,28,36-38H,9-10,17H2,1-5H3,(H,33,34)/t28-/m0/s1. The van der Waals surface area contributed by atoms with Crippen molar-refractivity contribution in [1.29, 1.82) is 5.26 Å². The predicted molar refractivity (Wildman–Crippen MR) is 160 cm³/mol. The number of hydrogen-bond donors (Lipinski definition) is 4. The zero-order valence-electron chi connectivity index (χ0n) is 23.4. The molecule has 1 fully saturated rings. The number of benzene rings is 2. The zero-order valence-corrected chi connectivity index (χ0v) is 24.2. The molecule has 0 bridgehead atoms. The van der Waals surface area contributed by atoms with Crippen molar-refractivity contribution in [3.63, 3.8) is 0 Å². The van der Waals surface area contributed by atoms with Gasteiger partial charge in [-0.3, -0.25) is 14.7 Å². The van der Waals surface area contributed by atoms with Crippen LogP contribution >= 0.6 is 11.6 Å². The number of hydrazine groups is 2. The molecular weight excluding hydrogens is 522 g/mol. The molecule has 1 aliphatic heterocycles. The highest BCUT2D eigenvalue weighted by Gasteiger charge is 2.44. The van der Waals surface area contributed by atoms with E-state index in [0.29, 0.717) is 22.6 Å². The fraction of sp³-hybridized carbons (Fsp3) is 0.367. The molecule has 10 heteroatoms. The highest BCUT2D eigenvalue weighted by molar-refractivity contribution is 6.35. The average Bonchev–Trinajstić information content (AvgIpc) is 3.30. The molecule has 0 spiro atoms. The lowest BCUT2D eigenvalue weighted by atomic mass is 9.96. The fourth-order valence-electron chi connectivity index (χ4n) is 5.10. The first-order valence-electron chi connectivity index (χ1n) is 13.5. The Balaban J connectivity index is 1.46. The van der Waals surface area contributed by atoms with E-state index in [-0.39, 0.29) is 17.0 Å². The molecule has 9 nitrogen and oxygen atoms in total. The minimum Gasteiger partial charge on any atom is -0.383 e. The summed E-state index contributed by atoms with van der Waals surface area (Å²) in [5, 5.41) is 26.2. The van der Waals surface area contributed by atoms with Crippen LogP contribution in [0.15, 0.2) is 54.6 Å². The van der Waals surface area contributed by atoms with Crippen molar-refractivity contribution < 1.29 is 0 Å². The van der Waals surface area contributed by atoms with Crippen LogP contribution in [0.2, 0.25) is 5.02 Å². The van der Waals surface area contributed by atoms with Crippen LogP contribution in [0.3, 0.4) is 0 Å². The number of aromatic nitrogens is 3. The molecule has 0 radical (unpaired) electrons. The van der Waals surface area contributed by atoms with Gasteiger partial charge in [-0.15, -0.1) is 5.53 Å². The summed E-state index contributed by atoms with van der Waals surface area (Å²) in [7, 11) is 1.95. The maximum atomic E-state index is 9.87. The van der Waals surface area contributed by atoms with Gasteiger partial charge in [0.05, 0.1) is 50.8 Å². The number of halogens is 1.